The van der Waals surface area contributed by atoms with Gasteiger partial charge in [-0.1, -0.05) is 12.1 Å². The number of para-hydroxylation sites is 1. The van der Waals surface area contributed by atoms with Crippen molar-refractivity contribution in [2.75, 3.05) is 19.5 Å². The molecule has 1 unspecified atom stereocenters. The molecule has 0 radical (unpaired) electrons. The minimum absolute atomic E-state index is 0.175. The van der Waals surface area contributed by atoms with E-state index in [1.807, 2.05) is 25.1 Å². The van der Waals surface area contributed by atoms with Crippen LogP contribution in [0.4, 0.5) is 10.2 Å². The molecule has 0 saturated carbocycles. The van der Waals surface area contributed by atoms with E-state index in [1.165, 1.54) is 23.0 Å². The van der Waals surface area contributed by atoms with E-state index >= 15 is 0 Å². The van der Waals surface area contributed by atoms with Crippen molar-refractivity contribution in [3.8, 4) is 28.7 Å². The third-order valence-electron chi connectivity index (χ3n) is 5.79. The molecule has 0 aliphatic carbocycles. The summed E-state index contributed by atoms with van der Waals surface area (Å²) >= 11 is 0. The van der Waals surface area contributed by atoms with Gasteiger partial charge >= 0.3 is 0 Å². The Hall–Kier alpha value is -4.34. The van der Waals surface area contributed by atoms with Crippen LogP contribution in [0.5, 0.6) is 11.5 Å². The van der Waals surface area contributed by atoms with Crippen LogP contribution in [0.15, 0.2) is 48.7 Å². The van der Waals surface area contributed by atoms with E-state index < -0.39 is 0 Å². The normalized spacial score (nSPS) is 14.9. The minimum Gasteiger partial charge on any atom is -0.493 e. The molecule has 0 fully saturated rings. The van der Waals surface area contributed by atoms with Crippen LogP contribution in [0.25, 0.3) is 17.2 Å². The molecule has 0 spiro atoms. The first-order valence-corrected chi connectivity index (χ1v) is 10.6. The molecule has 34 heavy (non-hydrogen) atoms. The molecule has 2 aromatic carbocycles. The summed E-state index contributed by atoms with van der Waals surface area (Å²) in [5.74, 6) is 0.981. The maximum atomic E-state index is 13.3. The summed E-state index contributed by atoms with van der Waals surface area (Å²) in [7, 11) is 3.14. The zero-order valence-corrected chi connectivity index (χ0v) is 18.7. The Morgan fingerprint density at radius 1 is 1.12 bits per heavy atom. The van der Waals surface area contributed by atoms with Gasteiger partial charge in [0.25, 0.3) is 5.95 Å². The fourth-order valence-corrected chi connectivity index (χ4v) is 4.29. The van der Waals surface area contributed by atoms with Crippen molar-refractivity contribution in [1.82, 2.24) is 25.0 Å². The highest BCUT2D eigenvalue weighted by Gasteiger charge is 2.35. The molecule has 0 bridgehead atoms. The first-order chi connectivity index (χ1) is 16.5. The number of fused-ring (bicyclic) bond motifs is 1. The lowest BCUT2D eigenvalue weighted by atomic mass is 9.85. The van der Waals surface area contributed by atoms with Crippen molar-refractivity contribution in [3.05, 3.63) is 71.3 Å². The molecule has 1 aliphatic rings. The van der Waals surface area contributed by atoms with Gasteiger partial charge in [-0.2, -0.15) is 14.9 Å². The summed E-state index contributed by atoms with van der Waals surface area (Å²) in [5, 5.41) is 15.7. The summed E-state index contributed by atoms with van der Waals surface area (Å²) in [6.45, 7) is 1.86. The lowest BCUT2D eigenvalue weighted by Gasteiger charge is -2.26. The molecular weight excluding hydrogens is 439 g/mol. The van der Waals surface area contributed by atoms with Gasteiger partial charge in [0, 0.05) is 29.0 Å². The lowest BCUT2D eigenvalue weighted by Crippen LogP contribution is -2.25. The second-order valence-corrected chi connectivity index (χ2v) is 7.80. The molecule has 10 heteroatoms. The summed E-state index contributed by atoms with van der Waals surface area (Å²) in [6.07, 6.45) is 1.71. The number of hydrogen-bond donors (Lipinski definition) is 1. The lowest BCUT2D eigenvalue weighted by molar-refractivity contribution is -0.116. The number of aryl methyl sites for hydroxylation is 1. The van der Waals surface area contributed by atoms with Gasteiger partial charge in [-0.05, 0) is 37.3 Å². The first kappa shape index (κ1) is 21.5. The number of rotatable bonds is 5. The maximum absolute atomic E-state index is 13.3. The van der Waals surface area contributed by atoms with Crippen molar-refractivity contribution in [2.45, 2.75) is 19.3 Å². The zero-order chi connectivity index (χ0) is 23.8. The molecular formula is C24H21FN6O3. The number of halogens is 1. The van der Waals surface area contributed by atoms with Crippen LogP contribution in [0.2, 0.25) is 0 Å². The average Bonchev–Trinajstić information content (AvgIpc) is 3.19. The summed E-state index contributed by atoms with van der Waals surface area (Å²) in [6, 6.07) is 11.5. The Labute approximate surface area is 194 Å². The molecule has 1 aliphatic heterocycles. The number of nitrogens with one attached hydrogen (secondary N) is 1. The Kier molecular flexibility index (Phi) is 5.40. The third-order valence-corrected chi connectivity index (χ3v) is 5.79. The highest BCUT2D eigenvalue weighted by atomic mass is 19.1. The predicted molar refractivity (Wildman–Crippen MR) is 122 cm³/mol. The van der Waals surface area contributed by atoms with Gasteiger partial charge in [-0.25, -0.2) is 9.37 Å². The summed E-state index contributed by atoms with van der Waals surface area (Å²) in [4.78, 5) is 17.3. The van der Waals surface area contributed by atoms with Crippen LogP contribution in [0.1, 0.15) is 29.2 Å². The highest BCUT2D eigenvalue weighted by molar-refractivity contribution is 5.95. The van der Waals surface area contributed by atoms with E-state index in [0.717, 1.165) is 11.1 Å². The van der Waals surface area contributed by atoms with Gasteiger partial charge in [-0.15, -0.1) is 5.10 Å². The number of anilines is 1. The zero-order valence-electron chi connectivity index (χ0n) is 18.7. The van der Waals surface area contributed by atoms with E-state index in [0.29, 0.717) is 34.3 Å². The van der Waals surface area contributed by atoms with Crippen molar-refractivity contribution in [2.24, 2.45) is 0 Å². The van der Waals surface area contributed by atoms with Crippen molar-refractivity contribution < 1.29 is 18.7 Å². The van der Waals surface area contributed by atoms with Crippen LogP contribution in [-0.2, 0) is 4.79 Å². The van der Waals surface area contributed by atoms with Crippen LogP contribution in [0, 0.1) is 12.7 Å². The van der Waals surface area contributed by atoms with Crippen LogP contribution < -0.4 is 14.8 Å². The molecule has 1 atom stereocenters. The number of methoxy groups -OCH3 is 2. The molecule has 5 rings (SSSR count). The van der Waals surface area contributed by atoms with Crippen LogP contribution in [-0.4, -0.2) is 45.1 Å². The smallest absolute Gasteiger partial charge is 0.272 e. The SMILES string of the molecule is COc1cccc(C2CC(=O)Nc3c2c(C)nn3-c2nncc(-c3ccc(F)cc3)n2)c1OC. The summed E-state index contributed by atoms with van der Waals surface area (Å²) in [5.41, 5.74) is 3.54. The van der Waals surface area contributed by atoms with Crippen molar-refractivity contribution >= 4 is 11.7 Å². The van der Waals surface area contributed by atoms with Crippen LogP contribution in [0.3, 0.4) is 0 Å². The highest BCUT2D eigenvalue weighted by Crippen LogP contribution is 2.45. The number of hydrogen-bond acceptors (Lipinski definition) is 7. The average molecular weight is 460 g/mol. The second kappa shape index (κ2) is 8.54. The quantitative estimate of drug-likeness (QED) is 0.485. The fourth-order valence-electron chi connectivity index (χ4n) is 4.29. The molecule has 4 aromatic rings. The van der Waals surface area contributed by atoms with E-state index in [2.05, 4.69) is 25.6 Å². The third kappa shape index (κ3) is 3.62. The minimum atomic E-state index is -0.343. The number of carbonyl (C=O) groups excluding carboxylic acids is 1. The largest absolute Gasteiger partial charge is 0.493 e. The molecule has 0 saturated heterocycles. The molecule has 1 N–H and O–H groups in total. The first-order valence-electron chi connectivity index (χ1n) is 10.6. The Morgan fingerprint density at radius 2 is 1.91 bits per heavy atom. The Bertz CT molecular complexity index is 1390. The molecule has 1 amide bonds. The van der Waals surface area contributed by atoms with E-state index in [4.69, 9.17) is 9.47 Å². The number of amides is 1. The van der Waals surface area contributed by atoms with E-state index in [9.17, 15) is 9.18 Å². The molecule has 3 heterocycles. The van der Waals surface area contributed by atoms with Crippen molar-refractivity contribution in [3.63, 3.8) is 0 Å². The number of nitrogens with zero attached hydrogens (tertiary/aromatic N) is 5. The second-order valence-electron chi connectivity index (χ2n) is 7.80. The maximum Gasteiger partial charge on any atom is 0.272 e. The molecule has 9 nitrogen and oxygen atoms in total. The predicted octanol–water partition coefficient (Wildman–Crippen LogP) is 3.66. The van der Waals surface area contributed by atoms with Crippen molar-refractivity contribution in [1.29, 1.82) is 0 Å². The van der Waals surface area contributed by atoms with Gasteiger partial charge in [0.05, 0.1) is 31.8 Å². The van der Waals surface area contributed by atoms with Gasteiger partial charge in [0.1, 0.15) is 11.6 Å². The number of ether oxygens (including phenoxy) is 2. The van der Waals surface area contributed by atoms with Gasteiger partial charge in [-0.3, -0.25) is 4.79 Å². The number of aromatic nitrogens is 5. The van der Waals surface area contributed by atoms with E-state index in [1.54, 1.807) is 26.4 Å². The Balaban J connectivity index is 1.63. The molecule has 2 aromatic heterocycles. The van der Waals surface area contributed by atoms with Crippen LogP contribution >= 0.6 is 0 Å². The topological polar surface area (TPSA) is 104 Å². The van der Waals surface area contributed by atoms with Gasteiger partial charge < -0.3 is 14.8 Å². The van der Waals surface area contributed by atoms with E-state index in [-0.39, 0.29) is 30.0 Å². The van der Waals surface area contributed by atoms with Gasteiger partial charge in [0.2, 0.25) is 5.91 Å². The molecule has 172 valence electrons. The standard InChI is InChI=1S/C24H21FN6O3/c1-13-21-17(16-5-4-6-19(33-2)22(16)34-3)11-20(32)28-23(21)31(30-13)24-27-18(12-26-29-24)14-7-9-15(25)10-8-14/h4-10,12,17H,11H2,1-3H3,(H,28,32). The number of carbonyl (C=O) groups is 1. The summed E-state index contributed by atoms with van der Waals surface area (Å²) < 4.78 is 25.9. The number of benzene rings is 2. The Morgan fingerprint density at radius 3 is 2.65 bits per heavy atom. The monoisotopic (exact) mass is 460 g/mol. The fraction of sp³-hybridized carbons (Fsp3) is 0.208. The van der Waals surface area contributed by atoms with Gasteiger partial charge in [0.15, 0.2) is 11.5 Å².